The van der Waals surface area contributed by atoms with E-state index >= 15 is 0 Å². The van der Waals surface area contributed by atoms with Crippen LogP contribution in [0.1, 0.15) is 29.4 Å². The van der Waals surface area contributed by atoms with E-state index in [2.05, 4.69) is 15.0 Å². The van der Waals surface area contributed by atoms with Crippen LogP contribution >= 0.6 is 11.5 Å². The highest BCUT2D eigenvalue weighted by Crippen LogP contribution is 2.32. The zero-order chi connectivity index (χ0) is 22.8. The van der Waals surface area contributed by atoms with E-state index in [1.54, 1.807) is 13.0 Å². The number of benzene rings is 1. The van der Waals surface area contributed by atoms with Gasteiger partial charge in [0.1, 0.15) is 16.4 Å². The van der Waals surface area contributed by atoms with Gasteiger partial charge >= 0.3 is 0 Å². The number of aromatic nitrogens is 1. The summed E-state index contributed by atoms with van der Waals surface area (Å²) in [5.41, 5.74) is 11.8. The molecule has 0 saturated carbocycles. The summed E-state index contributed by atoms with van der Waals surface area (Å²) in [6.45, 7) is 4.15. The van der Waals surface area contributed by atoms with Gasteiger partial charge in [-0.05, 0) is 61.4 Å². The smallest absolute Gasteiger partial charge is 0.250 e. The molecule has 1 atom stereocenters. The summed E-state index contributed by atoms with van der Waals surface area (Å²) < 4.78 is 19.0. The molecule has 0 spiro atoms. The minimum Gasteiger partial charge on any atom is -0.377 e. The number of allylic oxidation sites excluding steroid dienone is 1. The fraction of sp³-hybridized carbons (Fsp3) is 0.286. The number of aryl methyl sites for hydroxylation is 1. The molecule has 1 aromatic carbocycles. The van der Waals surface area contributed by atoms with Crippen LogP contribution in [0.5, 0.6) is 0 Å². The monoisotopic (exact) mass is 444 g/mol. The minimum atomic E-state index is -1.26. The summed E-state index contributed by atoms with van der Waals surface area (Å²) >= 11 is 1.20. The van der Waals surface area contributed by atoms with E-state index in [9.17, 15) is 14.0 Å². The van der Waals surface area contributed by atoms with E-state index in [1.807, 2.05) is 37.2 Å². The Morgan fingerprint density at radius 1 is 1.29 bits per heavy atom. The molecule has 2 aromatic rings. The van der Waals surface area contributed by atoms with Crippen LogP contribution in [0, 0.1) is 12.7 Å². The molecular formula is C21H25FN6O2S. The molecule has 1 aromatic heterocycles. The average molecular weight is 445 g/mol. The van der Waals surface area contributed by atoms with Crippen LogP contribution in [-0.4, -0.2) is 40.2 Å². The van der Waals surface area contributed by atoms with Gasteiger partial charge in [0, 0.05) is 20.0 Å². The number of hydrogen-bond donors (Lipinski definition) is 4. The van der Waals surface area contributed by atoms with Gasteiger partial charge in [-0.2, -0.15) is 4.37 Å². The van der Waals surface area contributed by atoms with Crippen molar-refractivity contribution < 1.29 is 14.0 Å². The second-order valence-corrected chi connectivity index (χ2v) is 8.54. The Balaban J connectivity index is 1.94. The van der Waals surface area contributed by atoms with Crippen LogP contribution in [0.3, 0.4) is 0 Å². The van der Waals surface area contributed by atoms with E-state index in [-0.39, 0.29) is 17.7 Å². The normalized spacial score (nSPS) is 15.2. The third-order valence-electron chi connectivity index (χ3n) is 4.96. The molecule has 6 N–H and O–H groups in total. The first-order chi connectivity index (χ1) is 14.6. The molecule has 164 valence electrons. The van der Waals surface area contributed by atoms with Gasteiger partial charge in [0.2, 0.25) is 5.91 Å². The van der Waals surface area contributed by atoms with Crippen molar-refractivity contribution in [3.8, 4) is 0 Å². The van der Waals surface area contributed by atoms with E-state index in [0.717, 1.165) is 17.3 Å². The quantitative estimate of drug-likeness (QED) is 0.496. The Labute approximate surface area is 184 Å². The maximum Gasteiger partial charge on any atom is 0.250 e. The van der Waals surface area contributed by atoms with E-state index < -0.39 is 23.2 Å². The molecule has 0 bridgehead atoms. The highest BCUT2D eigenvalue weighted by Gasteiger charge is 2.33. The number of carbonyl (C=O) groups is 2. The molecule has 1 aliphatic heterocycles. The van der Waals surface area contributed by atoms with Gasteiger partial charge < -0.3 is 27.0 Å². The van der Waals surface area contributed by atoms with Crippen LogP contribution < -0.4 is 22.1 Å². The van der Waals surface area contributed by atoms with E-state index in [4.69, 9.17) is 11.5 Å². The highest BCUT2D eigenvalue weighted by atomic mass is 32.1. The molecule has 2 amide bonds. The maximum atomic E-state index is 14.9. The number of nitrogens with zero attached hydrogens (tertiary/aromatic N) is 2. The first-order valence-electron chi connectivity index (χ1n) is 9.56. The molecule has 0 radical (unpaired) electrons. The molecule has 1 aliphatic rings. The third-order valence-corrected chi connectivity index (χ3v) is 5.75. The predicted octanol–water partition coefficient (Wildman–Crippen LogP) is 2.86. The Bertz CT molecular complexity index is 1080. The van der Waals surface area contributed by atoms with Crippen molar-refractivity contribution in [2.75, 3.05) is 24.2 Å². The molecule has 10 heteroatoms. The number of rotatable bonds is 8. The molecule has 31 heavy (non-hydrogen) atoms. The Morgan fingerprint density at radius 3 is 2.58 bits per heavy atom. The van der Waals surface area contributed by atoms with Gasteiger partial charge in [0.25, 0.3) is 5.91 Å². The summed E-state index contributed by atoms with van der Waals surface area (Å²) in [4.78, 5) is 26.1. The molecule has 0 fully saturated rings. The van der Waals surface area contributed by atoms with E-state index in [1.165, 1.54) is 17.6 Å². The first kappa shape index (κ1) is 22.3. The second kappa shape index (κ2) is 8.76. The number of anilines is 3. The maximum absolute atomic E-state index is 14.9. The van der Waals surface area contributed by atoms with Crippen molar-refractivity contribution >= 4 is 39.7 Å². The summed E-state index contributed by atoms with van der Waals surface area (Å²) in [7, 11) is 1.93. The van der Waals surface area contributed by atoms with Crippen molar-refractivity contribution in [2.45, 2.75) is 25.8 Å². The average Bonchev–Trinajstić information content (AvgIpc) is 3.10. The van der Waals surface area contributed by atoms with Gasteiger partial charge in [0.15, 0.2) is 0 Å². The van der Waals surface area contributed by atoms with Crippen LogP contribution in [0.2, 0.25) is 0 Å². The lowest BCUT2D eigenvalue weighted by Crippen LogP contribution is -2.48. The minimum absolute atomic E-state index is 0.0177. The van der Waals surface area contributed by atoms with Crippen molar-refractivity contribution in [3.05, 3.63) is 59.2 Å². The third kappa shape index (κ3) is 5.21. The second-order valence-electron chi connectivity index (χ2n) is 7.73. The summed E-state index contributed by atoms with van der Waals surface area (Å²) in [6.07, 6.45) is 6.03. The van der Waals surface area contributed by atoms with E-state index in [0.29, 0.717) is 17.2 Å². The zero-order valence-corrected chi connectivity index (χ0v) is 18.3. The Kier molecular flexibility index (Phi) is 6.30. The summed E-state index contributed by atoms with van der Waals surface area (Å²) in [5, 5.41) is 6.65. The van der Waals surface area contributed by atoms with Gasteiger partial charge in [-0.15, -0.1) is 0 Å². The van der Waals surface area contributed by atoms with Crippen LogP contribution in [0.15, 0.2) is 42.1 Å². The van der Waals surface area contributed by atoms with Gasteiger partial charge in [0.05, 0.1) is 22.6 Å². The standard InChI is InChI=1S/C21H25FN6O2S/c1-12-8-18(31-27-12)25-16-10-17(15(22)9-14(16)19(23)29)26-21(2,20(24)30)11-13-4-6-28(3)7-5-13/h4-6,8-10,25-26H,7,11H2,1-3H3,(H2,23,29)(H2,24,30). The van der Waals surface area contributed by atoms with Crippen LogP contribution in [-0.2, 0) is 4.79 Å². The number of carbonyl (C=O) groups excluding carboxylic acids is 2. The Morgan fingerprint density at radius 2 is 2.03 bits per heavy atom. The first-order valence-corrected chi connectivity index (χ1v) is 10.3. The molecule has 0 saturated heterocycles. The van der Waals surface area contributed by atoms with Gasteiger partial charge in [-0.1, -0.05) is 6.08 Å². The zero-order valence-electron chi connectivity index (χ0n) is 17.5. The van der Waals surface area contributed by atoms with Gasteiger partial charge in [-0.25, -0.2) is 4.39 Å². The number of nitrogens with one attached hydrogen (secondary N) is 2. The largest absolute Gasteiger partial charge is 0.377 e. The number of amides is 2. The number of nitrogens with two attached hydrogens (primary N) is 2. The number of likely N-dealkylation sites (N-methyl/N-ethyl adjacent to an activating group) is 1. The number of primary amides is 2. The number of halogens is 1. The molecular weight excluding hydrogens is 419 g/mol. The van der Waals surface area contributed by atoms with Crippen molar-refractivity contribution in [1.82, 2.24) is 9.27 Å². The van der Waals surface area contributed by atoms with Crippen molar-refractivity contribution in [3.63, 3.8) is 0 Å². The highest BCUT2D eigenvalue weighted by molar-refractivity contribution is 7.10. The SMILES string of the molecule is Cc1cc(Nc2cc(NC(C)(CC3=CCN(C)C=C3)C(N)=O)c(F)cc2C(N)=O)sn1. The van der Waals surface area contributed by atoms with Crippen LogP contribution in [0.4, 0.5) is 20.8 Å². The fourth-order valence-corrected chi connectivity index (χ4v) is 3.85. The van der Waals surface area contributed by atoms with Crippen molar-refractivity contribution in [1.29, 1.82) is 0 Å². The van der Waals surface area contributed by atoms with Gasteiger partial charge in [-0.3, -0.25) is 9.59 Å². The molecule has 3 rings (SSSR count). The summed E-state index contributed by atoms with van der Waals surface area (Å²) in [6, 6.07) is 4.24. The molecule has 0 aliphatic carbocycles. The topological polar surface area (TPSA) is 126 Å². The molecule has 1 unspecified atom stereocenters. The predicted molar refractivity (Wildman–Crippen MR) is 121 cm³/mol. The van der Waals surface area contributed by atoms with Crippen LogP contribution in [0.25, 0.3) is 0 Å². The Hall–Kier alpha value is -3.40. The number of hydrogen-bond acceptors (Lipinski definition) is 7. The molecule has 2 heterocycles. The van der Waals surface area contributed by atoms with Crippen molar-refractivity contribution in [2.24, 2.45) is 11.5 Å². The lowest BCUT2D eigenvalue weighted by Gasteiger charge is -2.31. The summed E-state index contributed by atoms with van der Waals surface area (Å²) in [5.74, 6) is -2.14. The lowest BCUT2D eigenvalue weighted by molar-refractivity contribution is -0.121. The lowest BCUT2D eigenvalue weighted by atomic mass is 9.90. The fourth-order valence-electron chi connectivity index (χ4n) is 3.17. The molecule has 8 nitrogen and oxygen atoms in total.